The molecule has 0 saturated heterocycles. The van der Waals surface area contributed by atoms with Crippen molar-refractivity contribution in [2.24, 2.45) is 0 Å². The van der Waals surface area contributed by atoms with Crippen LogP contribution in [0.5, 0.6) is 0 Å². The smallest absolute Gasteiger partial charge is 0.339 e. The summed E-state index contributed by atoms with van der Waals surface area (Å²) < 4.78 is 6.06. The van der Waals surface area contributed by atoms with Crippen LogP contribution in [-0.4, -0.2) is 28.5 Å². The average Bonchev–Trinajstić information content (AvgIpc) is 2.67. The highest BCUT2D eigenvalue weighted by Crippen LogP contribution is 2.24. The van der Waals surface area contributed by atoms with Crippen LogP contribution in [0.15, 0.2) is 47.1 Å². The molecular formula is C20H18BrN3O3. The van der Waals surface area contributed by atoms with Gasteiger partial charge in [-0.05, 0) is 53.0 Å². The molecule has 0 aliphatic carbocycles. The van der Waals surface area contributed by atoms with Crippen LogP contribution in [0.3, 0.4) is 0 Å². The highest BCUT2D eigenvalue weighted by molar-refractivity contribution is 9.10. The number of aromatic nitrogens is 2. The zero-order valence-corrected chi connectivity index (χ0v) is 16.5. The van der Waals surface area contributed by atoms with Crippen LogP contribution < -0.4 is 5.32 Å². The lowest BCUT2D eigenvalue weighted by molar-refractivity contribution is -0.119. The van der Waals surface area contributed by atoms with Crippen molar-refractivity contribution < 1.29 is 14.3 Å². The number of amides is 1. The Labute approximate surface area is 165 Å². The SMILES string of the molecule is CCc1nc2ccccc2c(C(=O)OCC(=O)Nc2ccc(Br)cn2)c1C. The minimum atomic E-state index is -0.542. The number of esters is 1. The van der Waals surface area contributed by atoms with Crippen molar-refractivity contribution in [3.05, 3.63) is 63.9 Å². The topological polar surface area (TPSA) is 81.2 Å². The van der Waals surface area contributed by atoms with E-state index < -0.39 is 18.5 Å². The fourth-order valence-electron chi connectivity index (χ4n) is 2.80. The molecule has 0 aliphatic heterocycles. The number of halogens is 1. The third-order valence-corrected chi connectivity index (χ3v) is 4.57. The molecule has 1 amide bonds. The summed E-state index contributed by atoms with van der Waals surface area (Å²) >= 11 is 3.28. The van der Waals surface area contributed by atoms with Crippen LogP contribution in [0.2, 0.25) is 0 Å². The molecular weight excluding hydrogens is 410 g/mol. The molecule has 1 aromatic carbocycles. The van der Waals surface area contributed by atoms with E-state index in [-0.39, 0.29) is 0 Å². The van der Waals surface area contributed by atoms with Crippen LogP contribution in [0, 0.1) is 6.92 Å². The summed E-state index contributed by atoms with van der Waals surface area (Å²) in [5.41, 5.74) is 2.79. The van der Waals surface area contributed by atoms with Crippen molar-refractivity contribution in [3.8, 4) is 0 Å². The number of ether oxygens (including phenoxy) is 1. The lowest BCUT2D eigenvalue weighted by atomic mass is 10.0. The number of carbonyl (C=O) groups excluding carboxylic acids is 2. The van der Waals surface area contributed by atoms with Gasteiger partial charge in [0.2, 0.25) is 0 Å². The summed E-state index contributed by atoms with van der Waals surface area (Å²) in [6.07, 6.45) is 2.27. The summed E-state index contributed by atoms with van der Waals surface area (Å²) in [4.78, 5) is 33.4. The van der Waals surface area contributed by atoms with Crippen molar-refractivity contribution in [2.75, 3.05) is 11.9 Å². The predicted octanol–water partition coefficient (Wildman–Crippen LogP) is 4.06. The van der Waals surface area contributed by atoms with E-state index in [9.17, 15) is 9.59 Å². The molecule has 1 N–H and O–H groups in total. The summed E-state index contributed by atoms with van der Waals surface area (Å²) in [6.45, 7) is 3.44. The van der Waals surface area contributed by atoms with E-state index in [0.29, 0.717) is 23.2 Å². The number of aryl methyl sites for hydroxylation is 1. The molecule has 0 saturated carbocycles. The molecule has 0 spiro atoms. The summed E-state index contributed by atoms with van der Waals surface area (Å²) in [7, 11) is 0. The maximum Gasteiger partial charge on any atom is 0.339 e. The standard InChI is InChI=1S/C20H18BrN3O3/c1-3-15-12(2)19(14-6-4-5-7-16(14)23-15)20(26)27-11-18(25)24-17-9-8-13(21)10-22-17/h4-10H,3,11H2,1-2H3,(H,22,24,25). The molecule has 6 nitrogen and oxygen atoms in total. The van der Waals surface area contributed by atoms with Gasteiger partial charge < -0.3 is 10.1 Å². The lowest BCUT2D eigenvalue weighted by Gasteiger charge is -2.13. The fraction of sp³-hybridized carbons (Fsp3) is 0.200. The van der Waals surface area contributed by atoms with Crippen LogP contribution in [-0.2, 0) is 16.0 Å². The van der Waals surface area contributed by atoms with Crippen molar-refractivity contribution in [1.82, 2.24) is 9.97 Å². The van der Waals surface area contributed by atoms with Crippen LogP contribution in [0.25, 0.3) is 10.9 Å². The summed E-state index contributed by atoms with van der Waals surface area (Å²) in [5.74, 6) is -0.609. The number of hydrogen-bond acceptors (Lipinski definition) is 5. The molecule has 7 heteroatoms. The predicted molar refractivity (Wildman–Crippen MR) is 107 cm³/mol. The second-order valence-corrected chi connectivity index (χ2v) is 6.83. The van der Waals surface area contributed by atoms with E-state index >= 15 is 0 Å². The number of pyridine rings is 2. The molecule has 0 fully saturated rings. The number of hydrogen-bond donors (Lipinski definition) is 1. The minimum Gasteiger partial charge on any atom is -0.452 e. The van der Waals surface area contributed by atoms with Crippen molar-refractivity contribution in [1.29, 1.82) is 0 Å². The van der Waals surface area contributed by atoms with E-state index in [4.69, 9.17) is 4.74 Å². The Bertz CT molecular complexity index is 1000. The molecule has 27 heavy (non-hydrogen) atoms. The average molecular weight is 428 g/mol. The Kier molecular flexibility index (Phi) is 5.81. The zero-order valence-electron chi connectivity index (χ0n) is 15.0. The molecule has 3 aromatic rings. The maximum atomic E-state index is 12.7. The van der Waals surface area contributed by atoms with E-state index in [1.54, 1.807) is 18.3 Å². The second kappa shape index (κ2) is 8.26. The van der Waals surface area contributed by atoms with Gasteiger partial charge >= 0.3 is 5.97 Å². The van der Waals surface area contributed by atoms with Crippen LogP contribution >= 0.6 is 15.9 Å². The van der Waals surface area contributed by atoms with Gasteiger partial charge in [0.1, 0.15) is 5.82 Å². The highest BCUT2D eigenvalue weighted by Gasteiger charge is 2.19. The first-order valence-corrected chi connectivity index (χ1v) is 9.25. The molecule has 2 heterocycles. The first-order chi connectivity index (χ1) is 13.0. The minimum absolute atomic E-state index is 0.387. The number of anilines is 1. The van der Waals surface area contributed by atoms with E-state index in [2.05, 4.69) is 31.2 Å². The maximum absolute atomic E-state index is 12.7. The number of rotatable bonds is 5. The van der Waals surface area contributed by atoms with Gasteiger partial charge in [-0.3, -0.25) is 9.78 Å². The van der Waals surface area contributed by atoms with Gasteiger partial charge in [-0.2, -0.15) is 0 Å². The molecule has 0 radical (unpaired) electrons. The monoisotopic (exact) mass is 427 g/mol. The normalized spacial score (nSPS) is 10.6. The van der Waals surface area contributed by atoms with E-state index in [1.807, 2.05) is 38.1 Å². The van der Waals surface area contributed by atoms with Gasteiger partial charge in [0.15, 0.2) is 6.61 Å². The van der Waals surface area contributed by atoms with Gasteiger partial charge in [0, 0.05) is 21.7 Å². The van der Waals surface area contributed by atoms with Gasteiger partial charge in [0.25, 0.3) is 5.91 Å². The van der Waals surface area contributed by atoms with Crippen molar-refractivity contribution >= 4 is 44.5 Å². The third kappa shape index (κ3) is 4.31. The third-order valence-electron chi connectivity index (χ3n) is 4.10. The van der Waals surface area contributed by atoms with Crippen molar-refractivity contribution in [2.45, 2.75) is 20.3 Å². The molecule has 0 aliphatic rings. The summed E-state index contributed by atoms with van der Waals surface area (Å²) in [6, 6.07) is 10.8. The fourth-order valence-corrected chi connectivity index (χ4v) is 3.03. The van der Waals surface area contributed by atoms with Crippen molar-refractivity contribution in [3.63, 3.8) is 0 Å². The molecule has 3 rings (SSSR count). The summed E-state index contributed by atoms with van der Waals surface area (Å²) in [5, 5.41) is 3.30. The number of nitrogens with zero attached hydrogens (tertiary/aromatic N) is 2. The number of nitrogens with one attached hydrogen (secondary N) is 1. The molecule has 2 aromatic heterocycles. The molecule has 138 valence electrons. The largest absolute Gasteiger partial charge is 0.452 e. The Morgan fingerprint density at radius 3 is 2.67 bits per heavy atom. The number of benzene rings is 1. The number of fused-ring (bicyclic) bond motifs is 1. The molecule has 0 unspecified atom stereocenters. The van der Waals surface area contributed by atoms with Gasteiger partial charge in [0.05, 0.1) is 11.1 Å². The van der Waals surface area contributed by atoms with Gasteiger partial charge in [-0.15, -0.1) is 0 Å². The quantitative estimate of drug-likeness (QED) is 0.620. The van der Waals surface area contributed by atoms with Gasteiger partial charge in [-0.25, -0.2) is 9.78 Å². The first-order valence-electron chi connectivity index (χ1n) is 8.46. The Morgan fingerprint density at radius 2 is 1.96 bits per heavy atom. The number of para-hydroxylation sites is 1. The Balaban J connectivity index is 1.77. The molecule has 0 atom stereocenters. The number of carbonyl (C=O) groups is 2. The first kappa shape index (κ1) is 19.0. The molecule has 0 bridgehead atoms. The van der Waals surface area contributed by atoms with E-state index in [1.165, 1.54) is 0 Å². The lowest BCUT2D eigenvalue weighted by Crippen LogP contribution is -2.22. The van der Waals surface area contributed by atoms with Gasteiger partial charge in [-0.1, -0.05) is 25.1 Å². The highest BCUT2D eigenvalue weighted by atomic mass is 79.9. The van der Waals surface area contributed by atoms with Crippen LogP contribution in [0.4, 0.5) is 5.82 Å². The van der Waals surface area contributed by atoms with E-state index in [0.717, 1.165) is 21.2 Å². The Morgan fingerprint density at radius 1 is 1.19 bits per heavy atom. The van der Waals surface area contributed by atoms with Crippen LogP contribution in [0.1, 0.15) is 28.5 Å². The zero-order chi connectivity index (χ0) is 19.4. The second-order valence-electron chi connectivity index (χ2n) is 5.92. The Hall–Kier alpha value is -2.80.